The minimum atomic E-state index is -1.96. The molecule has 6 nitrogen and oxygen atoms in total. The average Bonchev–Trinajstić information content (AvgIpc) is 2.77. The second-order valence-corrected chi connectivity index (χ2v) is 8.17. The van der Waals surface area contributed by atoms with Crippen molar-refractivity contribution in [1.82, 2.24) is 9.78 Å². The van der Waals surface area contributed by atoms with E-state index in [9.17, 15) is 13.4 Å². The minimum Gasteiger partial charge on any atom is -0.451 e. The zero-order valence-corrected chi connectivity index (χ0v) is 18.0. The largest absolute Gasteiger partial charge is 0.451 e. The average molecular weight is 471 g/mol. The first-order chi connectivity index (χ1) is 15.4. The molecule has 1 atom stereocenters. The molecule has 0 amide bonds. The normalized spacial score (nSPS) is 11.8. The number of benzene rings is 3. The Labute approximate surface area is 190 Å². The Morgan fingerprint density at radius 3 is 2.44 bits per heavy atom. The van der Waals surface area contributed by atoms with Crippen LogP contribution in [0.5, 0.6) is 11.5 Å². The van der Waals surface area contributed by atoms with E-state index >= 15 is 0 Å². The van der Waals surface area contributed by atoms with Crippen molar-refractivity contribution >= 4 is 22.7 Å². The lowest BCUT2D eigenvalue weighted by molar-refractivity contribution is 0.468. The van der Waals surface area contributed by atoms with Crippen molar-refractivity contribution in [1.29, 1.82) is 0 Å². The fourth-order valence-electron chi connectivity index (χ4n) is 3.08. The van der Waals surface area contributed by atoms with Crippen LogP contribution in [0.25, 0.3) is 16.8 Å². The van der Waals surface area contributed by atoms with E-state index in [0.717, 1.165) is 4.68 Å². The van der Waals surface area contributed by atoms with Gasteiger partial charge in [0, 0.05) is 5.02 Å². The summed E-state index contributed by atoms with van der Waals surface area (Å²) in [5.74, 6) is -0.167. The molecule has 0 aliphatic rings. The number of ether oxygens (including phenoxy) is 1. The van der Waals surface area contributed by atoms with Gasteiger partial charge < -0.3 is 9.29 Å². The number of rotatable bonds is 6. The molecular weight excluding hydrogens is 455 g/mol. The summed E-state index contributed by atoms with van der Waals surface area (Å²) < 4.78 is 40.5. The third kappa shape index (κ3) is 4.94. The fourth-order valence-corrected chi connectivity index (χ4v) is 3.74. The first-order valence-corrected chi connectivity index (χ1v) is 11.0. The highest BCUT2D eigenvalue weighted by atomic mass is 35.5. The van der Waals surface area contributed by atoms with Crippen LogP contribution in [-0.2, 0) is 16.8 Å². The van der Waals surface area contributed by atoms with E-state index in [4.69, 9.17) is 20.9 Å². The van der Waals surface area contributed by atoms with Crippen LogP contribution in [0.4, 0.5) is 4.39 Å². The van der Waals surface area contributed by atoms with Crippen molar-refractivity contribution in [2.24, 2.45) is 0 Å². The lowest BCUT2D eigenvalue weighted by Crippen LogP contribution is -2.22. The zero-order valence-electron chi connectivity index (χ0n) is 16.4. The smallest absolute Gasteiger partial charge is 0.315 e. The molecule has 1 unspecified atom stereocenters. The van der Waals surface area contributed by atoms with Crippen molar-refractivity contribution in [3.05, 3.63) is 106 Å². The summed E-state index contributed by atoms with van der Waals surface area (Å²) in [7, 11) is 0. The molecule has 0 radical (unpaired) electrons. The third-order valence-electron chi connectivity index (χ3n) is 4.57. The number of hydrogen-bond donors (Lipinski definition) is 1. The van der Waals surface area contributed by atoms with Gasteiger partial charge in [0.1, 0.15) is 11.6 Å². The summed E-state index contributed by atoms with van der Waals surface area (Å²) in [4.78, 5) is 13.3. The molecule has 1 heterocycles. The first-order valence-electron chi connectivity index (χ1n) is 9.39. The van der Waals surface area contributed by atoms with Crippen LogP contribution < -0.4 is 10.3 Å². The van der Waals surface area contributed by atoms with Gasteiger partial charge in [0.25, 0.3) is 0 Å². The second-order valence-electron chi connectivity index (χ2n) is 6.80. The molecule has 0 aliphatic carbocycles. The lowest BCUT2D eigenvalue weighted by atomic mass is 10.1. The Kier molecular flexibility index (Phi) is 6.45. The summed E-state index contributed by atoms with van der Waals surface area (Å²) in [6.45, 7) is 0. The van der Waals surface area contributed by atoms with Gasteiger partial charge in [-0.25, -0.2) is 8.60 Å². The molecule has 32 heavy (non-hydrogen) atoms. The van der Waals surface area contributed by atoms with Gasteiger partial charge in [-0.1, -0.05) is 41.9 Å². The molecule has 1 N–H and O–H groups in total. The van der Waals surface area contributed by atoms with E-state index in [1.165, 1.54) is 30.5 Å². The Balaban J connectivity index is 1.83. The molecule has 0 saturated heterocycles. The molecule has 4 rings (SSSR count). The molecule has 0 aliphatic heterocycles. The van der Waals surface area contributed by atoms with Gasteiger partial charge >= 0.3 is 5.56 Å². The fraction of sp³-hybridized carbons (Fsp3) is 0.0435. The van der Waals surface area contributed by atoms with Crippen LogP contribution in [0, 0.1) is 5.82 Å². The minimum absolute atomic E-state index is 0.00612. The Morgan fingerprint density at radius 1 is 1.06 bits per heavy atom. The van der Waals surface area contributed by atoms with E-state index in [1.807, 2.05) is 0 Å². The molecule has 162 valence electrons. The molecule has 0 bridgehead atoms. The van der Waals surface area contributed by atoms with Gasteiger partial charge in [-0.05, 0) is 53.6 Å². The van der Waals surface area contributed by atoms with Crippen LogP contribution in [0.1, 0.15) is 5.56 Å². The van der Waals surface area contributed by atoms with Crippen molar-refractivity contribution < 1.29 is 17.9 Å². The van der Waals surface area contributed by atoms with E-state index in [-0.39, 0.29) is 17.3 Å². The van der Waals surface area contributed by atoms with Gasteiger partial charge in [-0.2, -0.15) is 9.78 Å². The maximum Gasteiger partial charge on any atom is 0.315 e. The van der Waals surface area contributed by atoms with Gasteiger partial charge in [0.2, 0.25) is 5.75 Å². The summed E-state index contributed by atoms with van der Waals surface area (Å²) in [6, 6.07) is 18.8. The van der Waals surface area contributed by atoms with Crippen molar-refractivity contribution in [3.63, 3.8) is 0 Å². The number of halogens is 2. The Hall–Kier alpha value is -3.33. The lowest BCUT2D eigenvalue weighted by Gasteiger charge is -2.14. The first kappa shape index (κ1) is 21.9. The van der Waals surface area contributed by atoms with E-state index in [0.29, 0.717) is 27.4 Å². The number of nitrogens with zero attached hydrogens (tertiary/aromatic N) is 2. The quantitative estimate of drug-likeness (QED) is 0.391. The molecule has 4 aromatic rings. The van der Waals surface area contributed by atoms with E-state index < -0.39 is 22.5 Å². The number of hydrogen-bond acceptors (Lipinski definition) is 4. The van der Waals surface area contributed by atoms with Crippen LogP contribution in [0.2, 0.25) is 5.02 Å². The number of aromatic nitrogens is 2. The summed E-state index contributed by atoms with van der Waals surface area (Å²) in [6.07, 6.45) is 1.49. The highest BCUT2D eigenvalue weighted by Crippen LogP contribution is 2.31. The molecule has 0 spiro atoms. The Morgan fingerprint density at radius 2 is 1.78 bits per heavy atom. The zero-order chi connectivity index (χ0) is 22.7. The second kappa shape index (κ2) is 9.44. The van der Waals surface area contributed by atoms with Crippen LogP contribution in [0.3, 0.4) is 0 Å². The van der Waals surface area contributed by atoms with Crippen LogP contribution in [0.15, 0.2) is 83.8 Å². The van der Waals surface area contributed by atoms with Crippen molar-refractivity contribution in [2.75, 3.05) is 0 Å². The molecule has 3 aromatic carbocycles. The van der Waals surface area contributed by atoms with Crippen molar-refractivity contribution in [2.45, 2.75) is 5.75 Å². The SMILES string of the molecule is O=c1c(Oc2ccc(F)cc2)c(-c2ccc(CS(=O)O)cc2)cnn1-c1cccc(Cl)c1. The molecule has 9 heteroatoms. The van der Waals surface area contributed by atoms with Gasteiger partial charge in [-0.3, -0.25) is 4.79 Å². The predicted molar refractivity (Wildman–Crippen MR) is 121 cm³/mol. The maximum atomic E-state index is 13.3. The molecule has 0 fully saturated rings. The van der Waals surface area contributed by atoms with Gasteiger partial charge in [0.15, 0.2) is 11.1 Å². The van der Waals surface area contributed by atoms with E-state index in [1.54, 1.807) is 48.5 Å². The van der Waals surface area contributed by atoms with Gasteiger partial charge in [-0.15, -0.1) is 0 Å². The summed E-state index contributed by atoms with van der Waals surface area (Å²) in [5, 5.41) is 4.71. The topological polar surface area (TPSA) is 81.4 Å². The predicted octanol–water partition coefficient (Wildman–Crippen LogP) is 5.21. The molecular formula is C23H16ClFN2O4S. The van der Waals surface area contributed by atoms with Gasteiger partial charge in [0.05, 0.1) is 23.2 Å². The molecule has 0 saturated carbocycles. The Bertz CT molecular complexity index is 1340. The standard InChI is InChI=1S/C23H16ClFN2O4S/c24-17-2-1-3-19(12-17)27-23(28)22(31-20-10-8-18(25)9-11-20)21(13-26-27)16-6-4-15(5-7-16)14-32(29)30/h1-13H,14H2,(H,29,30). The monoisotopic (exact) mass is 470 g/mol. The van der Waals surface area contributed by atoms with Crippen LogP contribution in [-0.4, -0.2) is 18.5 Å². The maximum absolute atomic E-state index is 13.3. The van der Waals surface area contributed by atoms with E-state index in [2.05, 4.69) is 5.10 Å². The summed E-state index contributed by atoms with van der Waals surface area (Å²) >= 11 is 4.10. The summed E-state index contributed by atoms with van der Waals surface area (Å²) in [5.41, 5.74) is 1.62. The highest BCUT2D eigenvalue weighted by Gasteiger charge is 2.17. The third-order valence-corrected chi connectivity index (χ3v) is 5.39. The molecule has 1 aromatic heterocycles. The van der Waals surface area contributed by atoms with Crippen LogP contribution >= 0.6 is 11.6 Å². The van der Waals surface area contributed by atoms with Crippen molar-refractivity contribution in [3.8, 4) is 28.3 Å². The highest BCUT2D eigenvalue weighted by molar-refractivity contribution is 7.78.